The predicted molar refractivity (Wildman–Crippen MR) is 101 cm³/mol. The first-order chi connectivity index (χ1) is 12.4. The maximum atomic E-state index is 12.6. The van der Waals surface area contributed by atoms with Crippen LogP contribution in [0.4, 0.5) is 5.13 Å². The van der Waals surface area contributed by atoms with Gasteiger partial charge in [0.25, 0.3) is 5.91 Å². The van der Waals surface area contributed by atoms with Crippen LogP contribution in [0.3, 0.4) is 0 Å². The molecule has 0 unspecified atom stereocenters. The van der Waals surface area contributed by atoms with E-state index in [-0.39, 0.29) is 17.7 Å². The number of piperidine rings is 1. The number of hydrogen-bond donors (Lipinski definition) is 1. The molecule has 0 aromatic carbocycles. The standard InChI is InChI=1S/C18H25N5O2S/c1-12(2)17(25)23-7-4-13(5-8-23)10-15-14(11-22(3)21-15)16(24)20-18-19-6-9-26-18/h6,9,11-13H,4-5,7-8,10H2,1-3H3,(H,19,20,24). The molecule has 3 rings (SSSR count). The van der Waals surface area contributed by atoms with Crippen molar-refractivity contribution in [3.63, 3.8) is 0 Å². The van der Waals surface area contributed by atoms with Crippen molar-refractivity contribution in [3.05, 3.63) is 29.0 Å². The minimum Gasteiger partial charge on any atom is -0.342 e. The van der Waals surface area contributed by atoms with Gasteiger partial charge in [0.1, 0.15) is 0 Å². The highest BCUT2D eigenvalue weighted by atomic mass is 32.1. The largest absolute Gasteiger partial charge is 0.342 e. The molecule has 1 aliphatic heterocycles. The third-order valence-electron chi connectivity index (χ3n) is 4.70. The van der Waals surface area contributed by atoms with Crippen molar-refractivity contribution in [3.8, 4) is 0 Å². The van der Waals surface area contributed by atoms with Crippen LogP contribution in [0.5, 0.6) is 0 Å². The third-order valence-corrected chi connectivity index (χ3v) is 5.39. The van der Waals surface area contributed by atoms with Crippen LogP contribution < -0.4 is 5.32 Å². The molecule has 0 radical (unpaired) electrons. The van der Waals surface area contributed by atoms with Crippen molar-refractivity contribution in [2.45, 2.75) is 33.1 Å². The van der Waals surface area contributed by atoms with Gasteiger partial charge < -0.3 is 4.90 Å². The zero-order valence-corrected chi connectivity index (χ0v) is 16.3. The molecule has 2 amide bonds. The number of likely N-dealkylation sites (tertiary alicyclic amines) is 1. The fourth-order valence-corrected chi connectivity index (χ4v) is 3.84. The van der Waals surface area contributed by atoms with Gasteiger partial charge in [-0.05, 0) is 25.2 Å². The molecular formula is C18H25N5O2S. The number of nitrogens with zero attached hydrogens (tertiary/aromatic N) is 4. The van der Waals surface area contributed by atoms with E-state index in [2.05, 4.69) is 15.4 Å². The molecular weight excluding hydrogens is 350 g/mol. The highest BCUT2D eigenvalue weighted by Gasteiger charge is 2.26. The lowest BCUT2D eigenvalue weighted by Crippen LogP contribution is -2.41. The third kappa shape index (κ3) is 4.30. The first-order valence-electron chi connectivity index (χ1n) is 8.96. The zero-order chi connectivity index (χ0) is 18.7. The van der Waals surface area contributed by atoms with E-state index >= 15 is 0 Å². The molecule has 26 heavy (non-hydrogen) atoms. The number of aryl methyl sites for hydroxylation is 1. The molecule has 1 aliphatic rings. The Morgan fingerprint density at radius 1 is 1.35 bits per heavy atom. The fraction of sp³-hybridized carbons (Fsp3) is 0.556. The number of aromatic nitrogens is 3. The summed E-state index contributed by atoms with van der Waals surface area (Å²) in [4.78, 5) is 30.7. The van der Waals surface area contributed by atoms with Crippen molar-refractivity contribution in [1.82, 2.24) is 19.7 Å². The lowest BCUT2D eigenvalue weighted by Gasteiger charge is -2.33. The van der Waals surface area contributed by atoms with Crippen molar-refractivity contribution >= 4 is 28.3 Å². The summed E-state index contributed by atoms with van der Waals surface area (Å²) in [5.74, 6) is 0.538. The van der Waals surface area contributed by atoms with Crippen LogP contribution in [0.25, 0.3) is 0 Å². The van der Waals surface area contributed by atoms with Crippen LogP contribution in [0, 0.1) is 11.8 Å². The maximum Gasteiger partial charge on any atom is 0.260 e. The van der Waals surface area contributed by atoms with Gasteiger partial charge in [0.2, 0.25) is 5.91 Å². The molecule has 0 atom stereocenters. The van der Waals surface area contributed by atoms with E-state index in [4.69, 9.17) is 0 Å². The minimum atomic E-state index is -0.171. The second-order valence-corrected chi connectivity index (χ2v) is 7.98. The quantitative estimate of drug-likeness (QED) is 0.871. The van der Waals surface area contributed by atoms with Gasteiger partial charge in [-0.1, -0.05) is 13.8 Å². The van der Waals surface area contributed by atoms with Crippen LogP contribution >= 0.6 is 11.3 Å². The van der Waals surface area contributed by atoms with E-state index < -0.39 is 0 Å². The van der Waals surface area contributed by atoms with Crippen LogP contribution in [0.2, 0.25) is 0 Å². The lowest BCUT2D eigenvalue weighted by molar-refractivity contribution is -0.135. The molecule has 0 bridgehead atoms. The summed E-state index contributed by atoms with van der Waals surface area (Å²) < 4.78 is 1.68. The Bertz CT molecular complexity index is 761. The van der Waals surface area contributed by atoms with Gasteiger partial charge in [-0.2, -0.15) is 5.10 Å². The van der Waals surface area contributed by atoms with E-state index in [0.29, 0.717) is 16.6 Å². The second kappa shape index (κ2) is 7.99. The molecule has 2 aromatic rings. The molecule has 3 heterocycles. The van der Waals surface area contributed by atoms with Gasteiger partial charge in [-0.25, -0.2) is 4.98 Å². The number of carbonyl (C=O) groups excluding carboxylic acids is 2. The number of carbonyl (C=O) groups is 2. The number of rotatable bonds is 5. The molecule has 1 fully saturated rings. The monoisotopic (exact) mass is 375 g/mol. The first-order valence-corrected chi connectivity index (χ1v) is 9.84. The highest BCUT2D eigenvalue weighted by molar-refractivity contribution is 7.13. The molecule has 0 saturated carbocycles. The molecule has 2 aromatic heterocycles. The molecule has 1 saturated heterocycles. The van der Waals surface area contributed by atoms with Gasteiger partial charge in [0.15, 0.2) is 5.13 Å². The summed E-state index contributed by atoms with van der Waals surface area (Å²) in [7, 11) is 1.83. The van der Waals surface area contributed by atoms with Crippen molar-refractivity contribution in [2.75, 3.05) is 18.4 Å². The minimum absolute atomic E-state index is 0.0449. The smallest absolute Gasteiger partial charge is 0.260 e. The van der Waals surface area contributed by atoms with Gasteiger partial charge in [0.05, 0.1) is 11.3 Å². The van der Waals surface area contributed by atoms with Crippen LogP contribution in [-0.4, -0.2) is 44.6 Å². The van der Waals surface area contributed by atoms with Crippen LogP contribution in [-0.2, 0) is 18.3 Å². The Morgan fingerprint density at radius 3 is 2.69 bits per heavy atom. The Balaban J connectivity index is 1.62. The van der Waals surface area contributed by atoms with Gasteiger partial charge >= 0.3 is 0 Å². The Hall–Kier alpha value is -2.22. The average molecular weight is 375 g/mol. The van der Waals surface area contributed by atoms with Crippen LogP contribution in [0.1, 0.15) is 42.7 Å². The molecule has 140 valence electrons. The Morgan fingerprint density at radius 2 is 2.08 bits per heavy atom. The SMILES string of the molecule is CC(C)C(=O)N1CCC(Cc2nn(C)cc2C(=O)Nc2nccs2)CC1. The molecule has 7 nitrogen and oxygen atoms in total. The van der Waals surface area contributed by atoms with Gasteiger partial charge in [-0.15, -0.1) is 11.3 Å². The Kier molecular flexibility index (Phi) is 5.70. The summed E-state index contributed by atoms with van der Waals surface area (Å²) in [6, 6.07) is 0. The summed E-state index contributed by atoms with van der Waals surface area (Å²) >= 11 is 1.39. The first kappa shape index (κ1) is 18.6. The van der Waals surface area contributed by atoms with E-state index in [1.54, 1.807) is 17.1 Å². The van der Waals surface area contributed by atoms with E-state index in [0.717, 1.165) is 38.0 Å². The summed E-state index contributed by atoms with van der Waals surface area (Å²) in [5.41, 5.74) is 1.42. The normalized spacial score (nSPS) is 15.5. The van der Waals surface area contributed by atoms with Crippen molar-refractivity contribution in [2.24, 2.45) is 18.9 Å². The van der Waals surface area contributed by atoms with Gasteiger partial charge in [0, 0.05) is 43.8 Å². The molecule has 0 spiro atoms. The summed E-state index contributed by atoms with van der Waals surface area (Å²) in [5, 5.41) is 9.74. The molecule has 1 N–H and O–H groups in total. The number of anilines is 1. The van der Waals surface area contributed by atoms with Crippen LogP contribution in [0.15, 0.2) is 17.8 Å². The Labute approximate surface area is 157 Å². The van der Waals surface area contributed by atoms with Crippen molar-refractivity contribution < 1.29 is 9.59 Å². The van der Waals surface area contributed by atoms with Crippen molar-refractivity contribution in [1.29, 1.82) is 0 Å². The number of thiazole rings is 1. The number of hydrogen-bond acceptors (Lipinski definition) is 5. The topological polar surface area (TPSA) is 80.1 Å². The molecule has 0 aliphatic carbocycles. The maximum absolute atomic E-state index is 12.6. The fourth-order valence-electron chi connectivity index (χ4n) is 3.32. The van der Waals surface area contributed by atoms with E-state index in [9.17, 15) is 9.59 Å². The number of amides is 2. The predicted octanol–water partition coefficient (Wildman–Crippen LogP) is 2.57. The average Bonchev–Trinajstić information content (AvgIpc) is 3.24. The van der Waals surface area contributed by atoms with Gasteiger partial charge in [-0.3, -0.25) is 19.6 Å². The summed E-state index contributed by atoms with van der Waals surface area (Å²) in [6.45, 7) is 5.45. The second-order valence-electron chi connectivity index (χ2n) is 7.08. The lowest BCUT2D eigenvalue weighted by atomic mass is 9.90. The summed E-state index contributed by atoms with van der Waals surface area (Å²) in [6.07, 6.45) is 6.07. The zero-order valence-electron chi connectivity index (χ0n) is 15.4. The number of nitrogens with one attached hydrogen (secondary N) is 1. The van der Waals surface area contributed by atoms with E-state index in [1.807, 2.05) is 31.2 Å². The van der Waals surface area contributed by atoms with E-state index in [1.165, 1.54) is 11.3 Å². The highest BCUT2D eigenvalue weighted by Crippen LogP contribution is 2.24. The molecule has 8 heteroatoms.